The summed E-state index contributed by atoms with van der Waals surface area (Å²) in [6.07, 6.45) is 0. The van der Waals surface area contributed by atoms with Crippen molar-refractivity contribution in [3.8, 4) is 0 Å². The van der Waals surface area contributed by atoms with Crippen molar-refractivity contribution in [2.24, 2.45) is 0 Å². The zero-order valence-corrected chi connectivity index (χ0v) is 13.5. The van der Waals surface area contributed by atoms with Crippen LogP contribution in [0.3, 0.4) is 0 Å². The van der Waals surface area contributed by atoms with Crippen molar-refractivity contribution in [2.75, 3.05) is 0 Å². The largest absolute Gasteiger partial charge is 2.00 e. The first-order chi connectivity index (χ1) is 0. The fraction of sp³-hybridized carbons (Fsp3) is 0. The molecule has 0 aromatic carbocycles. The van der Waals surface area contributed by atoms with Gasteiger partial charge in [0, 0.05) is 97.0 Å². The number of hydrogen-bond donors (Lipinski definition) is 0. The molecule has 13 heavy (non-hydrogen) atoms. The van der Waals surface area contributed by atoms with E-state index in [1.165, 1.54) is 0 Å². The third-order valence-corrected chi connectivity index (χ3v) is 0. The van der Waals surface area contributed by atoms with E-state index in [0.717, 1.165) is 0 Å². The van der Waals surface area contributed by atoms with Crippen LogP contribution in [0.5, 0.6) is 0 Å². The Morgan fingerprint density at radius 3 is 0.231 bits per heavy atom. The summed E-state index contributed by atoms with van der Waals surface area (Å²) in [6, 6.07) is 0. The van der Waals surface area contributed by atoms with Crippen LogP contribution < -0.4 is 0 Å². The molecular formula is O9PrV3-18. The minimum Gasteiger partial charge on any atom is -2.00 e. The van der Waals surface area contributed by atoms with Gasteiger partial charge in [-0.3, -0.25) is 0 Å². The summed E-state index contributed by atoms with van der Waals surface area (Å²) >= 11 is 0. The zero-order valence-electron chi connectivity index (χ0n) is 5.59. The Labute approximate surface area is 144 Å². The molecule has 9 nitrogen and oxygen atoms in total. The Balaban J connectivity index is 0. The second-order valence-electron chi connectivity index (χ2n) is 0. The molecule has 0 spiro atoms. The number of rotatable bonds is 0. The van der Waals surface area contributed by atoms with Gasteiger partial charge in [-0.1, -0.05) is 0 Å². The first-order valence-electron chi connectivity index (χ1n) is 0. The maximum Gasteiger partial charge on any atom is 0 e. The number of hydrogen-bond acceptors (Lipinski definition) is 0. The fourth-order valence-corrected chi connectivity index (χ4v) is 0. The maximum atomic E-state index is 0. The molecule has 90 valence electrons. The third kappa shape index (κ3) is 316. The summed E-state index contributed by atoms with van der Waals surface area (Å²) in [7, 11) is 0. The van der Waals surface area contributed by atoms with Crippen LogP contribution in [0.4, 0.5) is 0 Å². The molecule has 13 heteroatoms. The first-order valence-corrected chi connectivity index (χ1v) is 0. The quantitative estimate of drug-likeness (QED) is 0.438. The molecule has 4 radical (unpaired) electrons. The maximum absolute atomic E-state index is 0. The van der Waals surface area contributed by atoms with Gasteiger partial charge in [-0.05, 0) is 0 Å². The van der Waals surface area contributed by atoms with Crippen LogP contribution in [-0.4, -0.2) is 0 Å². The molecule has 0 aromatic rings. The Morgan fingerprint density at radius 2 is 0.231 bits per heavy atom. The summed E-state index contributed by atoms with van der Waals surface area (Å²) < 4.78 is 0. The second-order valence-corrected chi connectivity index (χ2v) is 0. The van der Waals surface area contributed by atoms with E-state index in [-0.39, 0.29) is 146 Å². The third-order valence-electron chi connectivity index (χ3n) is 0. The Hall–Kier alpha value is 2.76. The van der Waals surface area contributed by atoms with Gasteiger partial charge in [-0.15, -0.1) is 0 Å². The molecule has 0 heterocycles. The van der Waals surface area contributed by atoms with Gasteiger partial charge in [0.05, 0.1) is 0 Å². The molecule has 0 saturated heterocycles. The summed E-state index contributed by atoms with van der Waals surface area (Å²) in [6.45, 7) is 0. The topological polar surface area (TPSA) is 256 Å². The van der Waals surface area contributed by atoms with Crippen LogP contribution in [-0.2, 0) is 105 Å². The molecule has 0 rings (SSSR count). The monoisotopic (exact) mass is 438 g/mol. The van der Waals surface area contributed by atoms with E-state index in [4.69, 9.17) is 0 Å². The molecular weight excluding hydrogens is 438 g/mol. The summed E-state index contributed by atoms with van der Waals surface area (Å²) in [5, 5.41) is 0. The predicted molar refractivity (Wildman–Crippen MR) is 6.18 cm³/mol. The van der Waals surface area contributed by atoms with E-state index >= 15 is 0 Å². The van der Waals surface area contributed by atoms with E-state index in [0.29, 0.717) is 0 Å². The second kappa shape index (κ2) is 367. The average Bonchev–Trinajstić information content (AvgIpc) is 0. The van der Waals surface area contributed by atoms with Crippen LogP contribution in [0.2, 0.25) is 0 Å². The minimum absolute atomic E-state index is 0. The molecule has 0 fully saturated rings. The van der Waals surface area contributed by atoms with E-state index in [9.17, 15) is 0 Å². The van der Waals surface area contributed by atoms with Crippen LogP contribution in [0.1, 0.15) is 0 Å². The minimum atomic E-state index is 0. The van der Waals surface area contributed by atoms with Gasteiger partial charge < -0.3 is 49.3 Å². The van der Waals surface area contributed by atoms with Gasteiger partial charge in [0.15, 0.2) is 0 Å². The van der Waals surface area contributed by atoms with Crippen molar-refractivity contribution in [2.45, 2.75) is 0 Å². The summed E-state index contributed by atoms with van der Waals surface area (Å²) in [5.74, 6) is 0. The molecule has 0 aliphatic rings. The van der Waals surface area contributed by atoms with E-state index in [2.05, 4.69) is 0 Å². The SMILES string of the molecule is [O-2].[O-2].[O-2].[O-2].[O-2].[O-2].[O-2].[O-2].[O-2].[Pr].[V].[V].[V]. The van der Waals surface area contributed by atoms with Crippen LogP contribution >= 0.6 is 0 Å². The van der Waals surface area contributed by atoms with Crippen molar-refractivity contribution in [3.05, 3.63) is 0 Å². The Kier molecular flexibility index (Phi) is 12800. The van der Waals surface area contributed by atoms with Crippen molar-refractivity contribution >= 4 is 0 Å². The summed E-state index contributed by atoms with van der Waals surface area (Å²) in [5.41, 5.74) is 0. The van der Waals surface area contributed by atoms with Crippen LogP contribution in [0.25, 0.3) is 0 Å². The predicted octanol–water partition coefficient (Wildman–Crippen LogP) is -1.08. The molecule has 0 aliphatic heterocycles. The molecule has 0 aromatic heterocycles. The van der Waals surface area contributed by atoms with E-state index in [1.807, 2.05) is 0 Å². The molecule has 0 aliphatic carbocycles. The van der Waals surface area contributed by atoms with Gasteiger partial charge in [-0.2, -0.15) is 0 Å². The molecule has 0 bridgehead atoms. The summed E-state index contributed by atoms with van der Waals surface area (Å²) in [4.78, 5) is 0. The standard InChI is InChI=1S/9O.Pr.3V/q9*-2;;;;. The molecule has 0 saturated carbocycles. The van der Waals surface area contributed by atoms with Crippen molar-refractivity contribution in [1.82, 2.24) is 0 Å². The zero-order chi connectivity index (χ0) is 0. The molecule has 0 N–H and O–H groups in total. The molecule has 0 atom stereocenters. The van der Waals surface area contributed by atoms with Gasteiger partial charge in [-0.25, -0.2) is 0 Å². The van der Waals surface area contributed by atoms with Crippen molar-refractivity contribution in [3.63, 3.8) is 0 Å². The average molecular weight is 438 g/mol. The van der Waals surface area contributed by atoms with Crippen LogP contribution in [0.15, 0.2) is 0 Å². The van der Waals surface area contributed by atoms with Crippen LogP contribution in [0, 0.1) is 41.3 Å². The normalized spacial score (nSPS) is 0. The molecule has 0 unspecified atom stereocenters. The Bertz CT molecular complexity index is 14.8. The van der Waals surface area contributed by atoms with Crippen molar-refractivity contribution < 1.29 is 146 Å². The fourth-order valence-electron chi connectivity index (χ4n) is 0. The van der Waals surface area contributed by atoms with E-state index < -0.39 is 0 Å². The Morgan fingerprint density at radius 1 is 0.231 bits per heavy atom. The van der Waals surface area contributed by atoms with E-state index in [1.54, 1.807) is 0 Å². The molecule has 0 amide bonds. The smallest absolute Gasteiger partial charge is 0 e. The first kappa shape index (κ1) is 451. The van der Waals surface area contributed by atoms with Gasteiger partial charge in [0.2, 0.25) is 0 Å². The van der Waals surface area contributed by atoms with Crippen molar-refractivity contribution in [1.29, 1.82) is 0 Å². The van der Waals surface area contributed by atoms with Gasteiger partial charge in [0.1, 0.15) is 0 Å². The van der Waals surface area contributed by atoms with Gasteiger partial charge >= 0.3 is 0 Å². The van der Waals surface area contributed by atoms with Gasteiger partial charge in [0.25, 0.3) is 0 Å².